The lowest BCUT2D eigenvalue weighted by atomic mass is 10.1. The van der Waals surface area contributed by atoms with E-state index in [9.17, 15) is 13.6 Å². The van der Waals surface area contributed by atoms with Gasteiger partial charge in [-0.3, -0.25) is 4.79 Å². The molecule has 0 saturated carbocycles. The van der Waals surface area contributed by atoms with E-state index in [1.807, 2.05) is 0 Å². The van der Waals surface area contributed by atoms with Crippen LogP contribution in [0.25, 0.3) is 0 Å². The van der Waals surface area contributed by atoms with E-state index in [0.29, 0.717) is 40.0 Å². The van der Waals surface area contributed by atoms with E-state index in [0.717, 1.165) is 11.3 Å². The van der Waals surface area contributed by atoms with Crippen LogP contribution in [0.2, 0.25) is 0 Å². The van der Waals surface area contributed by atoms with Gasteiger partial charge in [0.1, 0.15) is 23.1 Å². The summed E-state index contributed by atoms with van der Waals surface area (Å²) < 4.78 is 32.3. The number of hydrogen-bond donors (Lipinski definition) is 0. The molecule has 0 radical (unpaired) electrons. The number of benzene rings is 2. The van der Waals surface area contributed by atoms with Crippen molar-refractivity contribution >= 4 is 22.9 Å². The molecule has 3 aromatic rings. The Bertz CT molecular complexity index is 974. The Morgan fingerprint density at radius 2 is 1.88 bits per heavy atom. The van der Waals surface area contributed by atoms with Gasteiger partial charge in [-0.2, -0.15) is 0 Å². The van der Waals surface area contributed by atoms with Crippen molar-refractivity contribution < 1.29 is 18.3 Å². The van der Waals surface area contributed by atoms with Crippen molar-refractivity contribution in [3.63, 3.8) is 0 Å². The quantitative estimate of drug-likeness (QED) is 0.689. The van der Waals surface area contributed by atoms with E-state index in [4.69, 9.17) is 4.74 Å². The molecule has 0 N–H and O–H groups in total. The number of nitrogens with zero attached hydrogens (tertiary/aromatic N) is 2. The first kappa shape index (κ1) is 16.7. The van der Waals surface area contributed by atoms with Gasteiger partial charge in [-0.05, 0) is 35.9 Å². The average Bonchev–Trinajstić information content (AvgIpc) is 3.04. The SMILES string of the molecule is O=C1c2sc(OCc3cccc(F)c3)nc2CCN1c1cccc(F)c1. The fourth-order valence-corrected chi connectivity index (χ4v) is 3.74. The molecular formula is C19H14F2N2O2S. The first-order valence-electron chi connectivity index (χ1n) is 8.04. The number of amides is 1. The minimum Gasteiger partial charge on any atom is -0.465 e. The van der Waals surface area contributed by atoms with Crippen LogP contribution in [0.15, 0.2) is 48.5 Å². The molecule has 26 heavy (non-hydrogen) atoms. The summed E-state index contributed by atoms with van der Waals surface area (Å²) >= 11 is 1.16. The lowest BCUT2D eigenvalue weighted by molar-refractivity contribution is 0.0984. The van der Waals surface area contributed by atoms with Gasteiger partial charge < -0.3 is 9.64 Å². The molecule has 0 bridgehead atoms. The van der Waals surface area contributed by atoms with Crippen LogP contribution in [0.1, 0.15) is 20.9 Å². The molecule has 4 nitrogen and oxygen atoms in total. The summed E-state index contributed by atoms with van der Waals surface area (Å²) in [4.78, 5) is 19.1. The molecule has 0 atom stereocenters. The fourth-order valence-electron chi connectivity index (χ4n) is 2.83. The van der Waals surface area contributed by atoms with Gasteiger partial charge in [-0.1, -0.05) is 29.5 Å². The third-order valence-corrected chi connectivity index (χ3v) is 5.06. The van der Waals surface area contributed by atoms with E-state index < -0.39 is 0 Å². The summed E-state index contributed by atoms with van der Waals surface area (Å²) in [6, 6.07) is 12.1. The summed E-state index contributed by atoms with van der Waals surface area (Å²) in [5, 5.41) is 0.369. The average molecular weight is 372 g/mol. The fraction of sp³-hybridized carbons (Fsp3) is 0.158. The number of carbonyl (C=O) groups excluding carboxylic acids is 1. The van der Waals surface area contributed by atoms with E-state index in [2.05, 4.69) is 4.98 Å². The van der Waals surface area contributed by atoms with Gasteiger partial charge in [0.15, 0.2) is 0 Å². The standard InChI is InChI=1S/C19H14F2N2O2S/c20-13-4-1-3-12(9-13)11-25-19-22-16-7-8-23(18(24)17(16)26-19)15-6-2-5-14(21)10-15/h1-6,9-10H,7-8,11H2. The first-order chi connectivity index (χ1) is 12.6. The number of aromatic nitrogens is 1. The second kappa shape index (κ2) is 6.84. The number of hydrogen-bond acceptors (Lipinski definition) is 4. The molecule has 0 saturated heterocycles. The molecule has 4 rings (SSSR count). The van der Waals surface area contributed by atoms with E-state index in [-0.39, 0.29) is 24.1 Å². The Morgan fingerprint density at radius 3 is 2.65 bits per heavy atom. The highest BCUT2D eigenvalue weighted by Crippen LogP contribution is 2.32. The Balaban J connectivity index is 1.52. The molecule has 1 aliphatic rings. The third kappa shape index (κ3) is 3.30. The normalized spacial score (nSPS) is 13.6. The number of halogens is 2. The molecule has 0 unspecified atom stereocenters. The third-order valence-electron chi connectivity index (χ3n) is 4.06. The minimum atomic E-state index is -0.385. The lowest BCUT2D eigenvalue weighted by Gasteiger charge is -2.25. The summed E-state index contributed by atoms with van der Waals surface area (Å²) in [5.74, 6) is -0.926. The molecule has 1 aliphatic heterocycles. The summed E-state index contributed by atoms with van der Waals surface area (Å²) in [7, 11) is 0. The largest absolute Gasteiger partial charge is 0.465 e. The van der Waals surface area contributed by atoms with Crippen molar-refractivity contribution in [2.45, 2.75) is 13.0 Å². The van der Waals surface area contributed by atoms with Gasteiger partial charge >= 0.3 is 0 Å². The zero-order valence-electron chi connectivity index (χ0n) is 13.6. The Labute approximate surface area is 152 Å². The van der Waals surface area contributed by atoms with E-state index in [1.165, 1.54) is 24.3 Å². The minimum absolute atomic E-state index is 0.173. The van der Waals surface area contributed by atoms with Crippen LogP contribution in [0.5, 0.6) is 5.19 Å². The van der Waals surface area contributed by atoms with Gasteiger partial charge in [-0.15, -0.1) is 0 Å². The van der Waals surface area contributed by atoms with Crippen LogP contribution in [0, 0.1) is 11.6 Å². The van der Waals surface area contributed by atoms with Crippen molar-refractivity contribution in [2.24, 2.45) is 0 Å². The predicted molar refractivity (Wildman–Crippen MR) is 94.6 cm³/mol. The van der Waals surface area contributed by atoms with E-state index in [1.54, 1.807) is 29.2 Å². The van der Waals surface area contributed by atoms with Crippen LogP contribution in [0.3, 0.4) is 0 Å². The lowest BCUT2D eigenvalue weighted by Crippen LogP contribution is -2.36. The van der Waals surface area contributed by atoms with Crippen LogP contribution >= 0.6 is 11.3 Å². The second-order valence-corrected chi connectivity index (χ2v) is 6.82. The van der Waals surface area contributed by atoms with Crippen LogP contribution in [-0.4, -0.2) is 17.4 Å². The molecule has 0 aliphatic carbocycles. The monoisotopic (exact) mass is 372 g/mol. The Hall–Kier alpha value is -2.80. The summed E-state index contributed by atoms with van der Waals surface area (Å²) in [5.41, 5.74) is 1.89. The molecular weight excluding hydrogens is 358 g/mol. The van der Waals surface area contributed by atoms with Crippen molar-refractivity contribution in [1.29, 1.82) is 0 Å². The van der Waals surface area contributed by atoms with Crippen LogP contribution < -0.4 is 9.64 Å². The van der Waals surface area contributed by atoms with Crippen molar-refractivity contribution in [2.75, 3.05) is 11.4 Å². The highest BCUT2D eigenvalue weighted by atomic mass is 32.1. The first-order valence-corrected chi connectivity index (χ1v) is 8.86. The van der Waals surface area contributed by atoms with Gasteiger partial charge in [0.25, 0.3) is 11.1 Å². The maximum absolute atomic E-state index is 13.4. The molecule has 1 aromatic heterocycles. The summed E-state index contributed by atoms with van der Waals surface area (Å²) in [6.45, 7) is 0.605. The highest BCUT2D eigenvalue weighted by Gasteiger charge is 2.30. The van der Waals surface area contributed by atoms with Gasteiger partial charge in [0.2, 0.25) is 0 Å². The van der Waals surface area contributed by atoms with Crippen LogP contribution in [0.4, 0.5) is 14.5 Å². The Morgan fingerprint density at radius 1 is 1.12 bits per heavy atom. The molecule has 1 amide bonds. The van der Waals surface area contributed by atoms with Crippen molar-refractivity contribution in [3.05, 3.63) is 76.3 Å². The number of ether oxygens (including phenoxy) is 1. The van der Waals surface area contributed by atoms with E-state index >= 15 is 0 Å². The number of rotatable bonds is 4. The molecule has 2 heterocycles. The molecule has 0 spiro atoms. The van der Waals surface area contributed by atoms with Gasteiger partial charge in [-0.25, -0.2) is 13.8 Å². The molecule has 7 heteroatoms. The van der Waals surface area contributed by atoms with Crippen LogP contribution in [-0.2, 0) is 13.0 Å². The van der Waals surface area contributed by atoms with Gasteiger partial charge in [0.05, 0.1) is 5.69 Å². The number of anilines is 1. The molecule has 0 fully saturated rings. The maximum Gasteiger partial charge on any atom is 0.274 e. The topological polar surface area (TPSA) is 42.4 Å². The number of carbonyl (C=O) groups is 1. The zero-order valence-corrected chi connectivity index (χ0v) is 14.4. The highest BCUT2D eigenvalue weighted by molar-refractivity contribution is 7.15. The Kier molecular flexibility index (Phi) is 4.38. The zero-order chi connectivity index (χ0) is 18.1. The van der Waals surface area contributed by atoms with Gasteiger partial charge in [0, 0.05) is 18.7 Å². The van der Waals surface area contributed by atoms with Crippen molar-refractivity contribution in [1.82, 2.24) is 4.98 Å². The summed E-state index contributed by atoms with van der Waals surface area (Å²) in [6.07, 6.45) is 0.567. The number of thiazole rings is 1. The molecule has 2 aromatic carbocycles. The predicted octanol–water partition coefficient (Wildman–Crippen LogP) is 4.20. The smallest absolute Gasteiger partial charge is 0.274 e. The number of fused-ring (bicyclic) bond motifs is 1. The second-order valence-electron chi connectivity index (χ2n) is 5.86. The molecule has 132 valence electrons. The maximum atomic E-state index is 13.4. The van der Waals surface area contributed by atoms with Crippen molar-refractivity contribution in [3.8, 4) is 5.19 Å².